The van der Waals surface area contributed by atoms with Crippen molar-refractivity contribution in [2.45, 2.75) is 32.0 Å². The number of fused-ring (bicyclic) bond motifs is 1. The smallest absolute Gasteiger partial charge is 0.0876 e. The zero-order valence-electron chi connectivity index (χ0n) is 12.7. The topological polar surface area (TPSA) is 9.23 Å². The zero-order chi connectivity index (χ0) is 14.2. The molecule has 0 N–H and O–H groups in total. The first-order valence-corrected chi connectivity index (χ1v) is 10.7. The normalized spacial score (nSPS) is 26.6. The number of benzene rings is 1. The van der Waals surface area contributed by atoms with Crippen LogP contribution < -0.4 is 5.19 Å². The minimum Gasteiger partial charge on any atom is -0.376 e. The van der Waals surface area contributed by atoms with Gasteiger partial charge in [-0.2, -0.15) is 0 Å². The van der Waals surface area contributed by atoms with E-state index in [2.05, 4.69) is 62.5 Å². The fourth-order valence-electron chi connectivity index (χ4n) is 3.49. The molecule has 20 heavy (non-hydrogen) atoms. The van der Waals surface area contributed by atoms with Crippen molar-refractivity contribution in [3.05, 3.63) is 53.6 Å². The van der Waals surface area contributed by atoms with Gasteiger partial charge in [-0.25, -0.2) is 0 Å². The monoisotopic (exact) mass is 284 g/mol. The van der Waals surface area contributed by atoms with Crippen molar-refractivity contribution in [1.29, 1.82) is 0 Å². The third kappa shape index (κ3) is 2.43. The second kappa shape index (κ2) is 5.34. The van der Waals surface area contributed by atoms with Crippen molar-refractivity contribution in [3.63, 3.8) is 0 Å². The predicted molar refractivity (Wildman–Crippen MR) is 88.1 cm³/mol. The van der Waals surface area contributed by atoms with Gasteiger partial charge >= 0.3 is 0 Å². The third-order valence-corrected chi connectivity index (χ3v) is 9.17. The van der Waals surface area contributed by atoms with E-state index in [-0.39, 0.29) is 0 Å². The van der Waals surface area contributed by atoms with Crippen LogP contribution in [0.15, 0.2) is 53.6 Å². The van der Waals surface area contributed by atoms with E-state index in [1.807, 2.05) is 0 Å². The molecule has 1 aromatic carbocycles. The molecule has 0 saturated carbocycles. The van der Waals surface area contributed by atoms with Gasteiger partial charge in [-0.3, -0.25) is 0 Å². The van der Waals surface area contributed by atoms with E-state index in [1.54, 1.807) is 16.3 Å². The van der Waals surface area contributed by atoms with Gasteiger partial charge in [0.15, 0.2) is 0 Å². The molecule has 2 aliphatic rings. The van der Waals surface area contributed by atoms with Crippen molar-refractivity contribution >= 4 is 13.3 Å². The maximum atomic E-state index is 5.63. The highest BCUT2D eigenvalue weighted by Gasteiger charge is 2.35. The van der Waals surface area contributed by atoms with Gasteiger partial charge in [0.1, 0.15) is 0 Å². The van der Waals surface area contributed by atoms with E-state index in [9.17, 15) is 0 Å². The van der Waals surface area contributed by atoms with Crippen LogP contribution >= 0.6 is 0 Å². The molecule has 1 heterocycles. The summed E-state index contributed by atoms with van der Waals surface area (Å²) in [5.74, 6) is 0.542. The quantitative estimate of drug-likeness (QED) is 0.591. The summed E-state index contributed by atoms with van der Waals surface area (Å²) < 4.78 is 5.63. The van der Waals surface area contributed by atoms with E-state index in [1.165, 1.54) is 6.42 Å². The fraction of sp³-hybridized carbons (Fsp3) is 0.444. The average molecular weight is 284 g/mol. The molecular weight excluding hydrogens is 260 g/mol. The SMILES string of the molecule is CC1=C2COC[C@H]2C=C[C@@H]([Si](C)(C)c2ccccc2)C1. The van der Waals surface area contributed by atoms with Crippen LogP contribution in [0, 0.1) is 5.92 Å². The summed E-state index contributed by atoms with van der Waals surface area (Å²) >= 11 is 0. The van der Waals surface area contributed by atoms with Gasteiger partial charge in [0.2, 0.25) is 0 Å². The third-order valence-electron chi connectivity index (χ3n) is 5.10. The largest absolute Gasteiger partial charge is 0.376 e. The van der Waals surface area contributed by atoms with Crippen LogP contribution in [0.5, 0.6) is 0 Å². The molecule has 0 amide bonds. The van der Waals surface area contributed by atoms with Gasteiger partial charge < -0.3 is 4.74 Å². The lowest BCUT2D eigenvalue weighted by atomic mass is 9.98. The fourth-order valence-corrected chi connectivity index (χ4v) is 6.38. The van der Waals surface area contributed by atoms with Crippen LogP contribution in [0.4, 0.5) is 0 Å². The lowest BCUT2D eigenvalue weighted by Gasteiger charge is -2.31. The summed E-state index contributed by atoms with van der Waals surface area (Å²) in [5.41, 5.74) is 3.81. The van der Waals surface area contributed by atoms with Crippen LogP contribution in [0.25, 0.3) is 0 Å². The molecule has 0 aromatic heterocycles. The molecule has 0 bridgehead atoms. The Hall–Kier alpha value is -1.12. The summed E-state index contributed by atoms with van der Waals surface area (Å²) in [6, 6.07) is 11.1. The Bertz CT molecular complexity index is 542. The van der Waals surface area contributed by atoms with E-state index >= 15 is 0 Å². The second-order valence-corrected chi connectivity index (χ2v) is 11.5. The average Bonchev–Trinajstić information content (AvgIpc) is 2.86. The zero-order valence-corrected chi connectivity index (χ0v) is 13.7. The van der Waals surface area contributed by atoms with Gasteiger partial charge in [0.25, 0.3) is 0 Å². The Morgan fingerprint density at radius 1 is 1.10 bits per heavy atom. The highest BCUT2D eigenvalue weighted by Crippen LogP contribution is 2.38. The maximum Gasteiger partial charge on any atom is 0.0876 e. The predicted octanol–water partition coefficient (Wildman–Crippen LogP) is 3.90. The van der Waals surface area contributed by atoms with Crippen molar-refractivity contribution in [2.75, 3.05) is 13.2 Å². The van der Waals surface area contributed by atoms with Crippen molar-refractivity contribution in [1.82, 2.24) is 0 Å². The molecule has 3 rings (SSSR count). The van der Waals surface area contributed by atoms with Crippen molar-refractivity contribution in [3.8, 4) is 0 Å². The molecule has 0 radical (unpaired) electrons. The van der Waals surface area contributed by atoms with Crippen LogP contribution in [0.2, 0.25) is 18.6 Å². The number of ether oxygens (including phenoxy) is 1. The van der Waals surface area contributed by atoms with Crippen LogP contribution in [-0.2, 0) is 4.74 Å². The van der Waals surface area contributed by atoms with Crippen LogP contribution in [0.3, 0.4) is 0 Å². The highest BCUT2D eigenvalue weighted by atomic mass is 28.3. The number of allylic oxidation sites excluding steroid dienone is 2. The Labute approximate surface area is 123 Å². The van der Waals surface area contributed by atoms with Gasteiger partial charge in [-0.1, -0.05) is 66.3 Å². The summed E-state index contributed by atoms with van der Waals surface area (Å²) in [6.07, 6.45) is 6.12. The molecule has 1 fully saturated rings. The second-order valence-electron chi connectivity index (χ2n) is 6.71. The molecule has 1 nitrogen and oxygen atoms in total. The highest BCUT2D eigenvalue weighted by molar-refractivity contribution is 6.91. The van der Waals surface area contributed by atoms with Gasteiger partial charge in [0.05, 0.1) is 21.3 Å². The Morgan fingerprint density at radius 3 is 2.60 bits per heavy atom. The van der Waals surface area contributed by atoms with E-state index in [0.29, 0.717) is 11.5 Å². The van der Waals surface area contributed by atoms with E-state index in [0.717, 1.165) is 13.2 Å². The summed E-state index contributed by atoms with van der Waals surface area (Å²) in [6.45, 7) is 9.05. The molecule has 0 unspecified atom stereocenters. The first-order valence-electron chi connectivity index (χ1n) is 7.59. The lowest BCUT2D eigenvalue weighted by molar-refractivity contribution is 0.195. The standard InChI is InChI=1S/C18H24OSi/c1-14-11-17(10-9-15-12-19-13-18(14)15)20(2,3)16-7-5-4-6-8-16/h4-10,15,17H,11-13H2,1-3H3/t15-,17-/m1/s1. The van der Waals surface area contributed by atoms with Crippen LogP contribution in [-0.4, -0.2) is 21.3 Å². The van der Waals surface area contributed by atoms with Crippen molar-refractivity contribution < 1.29 is 4.74 Å². The Morgan fingerprint density at radius 2 is 1.85 bits per heavy atom. The minimum absolute atomic E-state index is 0.542. The molecule has 0 spiro atoms. The molecule has 1 aliphatic carbocycles. The van der Waals surface area contributed by atoms with E-state index < -0.39 is 8.07 Å². The Balaban J connectivity index is 1.92. The van der Waals surface area contributed by atoms with Gasteiger partial charge in [0, 0.05) is 5.92 Å². The molecule has 106 valence electrons. The maximum absolute atomic E-state index is 5.63. The Kier molecular flexibility index (Phi) is 3.70. The van der Waals surface area contributed by atoms with E-state index in [4.69, 9.17) is 4.74 Å². The van der Waals surface area contributed by atoms with Gasteiger partial charge in [-0.05, 0) is 24.5 Å². The molecule has 1 aromatic rings. The number of hydrogen-bond donors (Lipinski definition) is 0. The minimum atomic E-state index is -1.46. The molecular formula is C18H24OSi. The van der Waals surface area contributed by atoms with Gasteiger partial charge in [-0.15, -0.1) is 0 Å². The first-order chi connectivity index (χ1) is 9.59. The van der Waals surface area contributed by atoms with Crippen molar-refractivity contribution in [2.24, 2.45) is 5.92 Å². The molecule has 1 aliphatic heterocycles. The molecule has 2 atom stereocenters. The molecule has 1 saturated heterocycles. The number of hydrogen-bond acceptors (Lipinski definition) is 1. The molecule has 2 heteroatoms. The summed E-state index contributed by atoms with van der Waals surface area (Å²) in [7, 11) is -1.46. The lowest BCUT2D eigenvalue weighted by Crippen LogP contribution is -2.45. The number of rotatable bonds is 2. The summed E-state index contributed by atoms with van der Waals surface area (Å²) in [5, 5.41) is 1.57. The van der Waals surface area contributed by atoms with Crippen LogP contribution in [0.1, 0.15) is 13.3 Å². The first kappa shape index (κ1) is 13.8. The summed E-state index contributed by atoms with van der Waals surface area (Å²) in [4.78, 5) is 0.